The smallest absolute Gasteiger partial charge is 0.315 e. The fourth-order valence-electron chi connectivity index (χ4n) is 3.08. The number of carbonyl (C=O) groups is 2. The molecular weight excluding hydrogens is 336 g/mol. The van der Waals surface area contributed by atoms with E-state index in [4.69, 9.17) is 11.8 Å². The first-order valence-corrected chi connectivity index (χ1v) is 9.92. The van der Waals surface area contributed by atoms with Crippen LogP contribution in [-0.4, -0.2) is 48.1 Å². The summed E-state index contributed by atoms with van der Waals surface area (Å²) in [7, 11) is 0. The lowest BCUT2D eigenvalue weighted by Gasteiger charge is -2.16. The molecule has 3 atom stereocenters. The number of halogens is 1. The average Bonchev–Trinajstić information content (AvgIpc) is 3.07. The van der Waals surface area contributed by atoms with Gasteiger partial charge in [-0.3, -0.25) is 4.79 Å². The largest absolute Gasteiger partial charge is 0.356 e. The molecule has 3 amide bonds. The van der Waals surface area contributed by atoms with Gasteiger partial charge in [0.2, 0.25) is 5.91 Å². The lowest BCUT2D eigenvalue weighted by molar-refractivity contribution is -0.121. The molecule has 0 radical (unpaired) electrons. The first-order chi connectivity index (χ1) is 11.2. The molecule has 2 rings (SSSR count). The zero-order valence-corrected chi connectivity index (χ0v) is 15.0. The topological polar surface area (TPSA) is 82.3 Å². The quantitative estimate of drug-likeness (QED) is 0.256. The van der Waals surface area contributed by atoms with Crippen LogP contribution in [0.5, 0.6) is 0 Å². The van der Waals surface area contributed by atoms with Crippen LogP contribution in [0.3, 0.4) is 0 Å². The van der Waals surface area contributed by atoms with Gasteiger partial charge in [0.25, 0.3) is 0 Å². The van der Waals surface area contributed by atoms with Crippen LogP contribution in [0, 0.1) is 0 Å². The van der Waals surface area contributed by atoms with Gasteiger partial charge in [-0.05, 0) is 37.5 Å². The van der Waals surface area contributed by atoms with Crippen molar-refractivity contribution in [3.8, 4) is 0 Å². The summed E-state index contributed by atoms with van der Waals surface area (Å²) in [6.07, 6.45) is 6.71. The molecule has 0 aliphatic carbocycles. The van der Waals surface area contributed by atoms with Crippen LogP contribution in [0.4, 0.5) is 4.79 Å². The van der Waals surface area contributed by atoms with Gasteiger partial charge in [0.1, 0.15) is 0 Å². The molecule has 3 unspecified atom stereocenters. The van der Waals surface area contributed by atoms with Crippen molar-refractivity contribution >= 4 is 35.5 Å². The number of nitrogens with one attached hydrogen (secondary N) is 4. The summed E-state index contributed by atoms with van der Waals surface area (Å²) in [4.78, 5) is 25.6. The van der Waals surface area contributed by atoms with Gasteiger partial charge < -0.3 is 16.0 Å². The molecule has 4 N–H and O–H groups in total. The minimum Gasteiger partial charge on any atom is -0.356 e. The molecule has 0 aromatic heterocycles. The zero-order valence-electron chi connectivity index (χ0n) is 13.4. The van der Waals surface area contributed by atoms with E-state index in [-0.39, 0.29) is 24.0 Å². The highest BCUT2D eigenvalue weighted by Gasteiger charge is 2.42. The fourth-order valence-corrected chi connectivity index (χ4v) is 4.76. The van der Waals surface area contributed by atoms with E-state index in [9.17, 15) is 9.59 Å². The normalized spacial score (nSPS) is 25.8. The Morgan fingerprint density at radius 3 is 2.83 bits per heavy atom. The number of amides is 3. The molecule has 132 valence electrons. The van der Waals surface area contributed by atoms with Gasteiger partial charge >= 0.3 is 6.03 Å². The SMILES string of the molecule is O=C(CCCCC1SCC2NC(=O)NC21)NCCCCCNCl. The second-order valence-corrected chi connectivity index (χ2v) is 7.70. The Bertz CT molecular complexity index is 400. The molecule has 2 aliphatic rings. The minimum absolute atomic E-state index is 0.0356. The molecule has 0 aromatic rings. The van der Waals surface area contributed by atoms with E-state index in [1.807, 2.05) is 11.8 Å². The lowest BCUT2D eigenvalue weighted by atomic mass is 10.0. The summed E-state index contributed by atoms with van der Waals surface area (Å²) in [5.41, 5.74) is 0. The number of hydrogen-bond acceptors (Lipinski definition) is 4. The number of rotatable bonds is 11. The van der Waals surface area contributed by atoms with Crippen LogP contribution in [0.15, 0.2) is 0 Å². The molecule has 0 saturated carbocycles. The molecular formula is C15H27ClN4O2S. The number of fused-ring (bicyclic) bond motifs is 1. The third kappa shape index (κ3) is 6.39. The van der Waals surface area contributed by atoms with Crippen molar-refractivity contribution in [1.29, 1.82) is 0 Å². The maximum Gasteiger partial charge on any atom is 0.315 e. The summed E-state index contributed by atoms with van der Waals surface area (Å²) in [5.74, 6) is 1.14. The van der Waals surface area contributed by atoms with E-state index >= 15 is 0 Å². The first kappa shape index (κ1) is 18.7. The van der Waals surface area contributed by atoms with Gasteiger partial charge in [0.15, 0.2) is 0 Å². The second-order valence-electron chi connectivity index (χ2n) is 6.16. The van der Waals surface area contributed by atoms with Crippen LogP contribution in [0.1, 0.15) is 44.9 Å². The highest BCUT2D eigenvalue weighted by molar-refractivity contribution is 8.00. The number of thioether (sulfide) groups is 1. The van der Waals surface area contributed by atoms with Crippen molar-refractivity contribution in [2.24, 2.45) is 0 Å². The Labute approximate surface area is 147 Å². The van der Waals surface area contributed by atoms with Gasteiger partial charge in [-0.25, -0.2) is 9.63 Å². The van der Waals surface area contributed by atoms with E-state index in [0.717, 1.165) is 57.4 Å². The van der Waals surface area contributed by atoms with Crippen molar-refractivity contribution in [3.05, 3.63) is 0 Å². The van der Waals surface area contributed by atoms with Gasteiger partial charge in [0.05, 0.1) is 12.1 Å². The van der Waals surface area contributed by atoms with E-state index in [0.29, 0.717) is 11.7 Å². The second kappa shape index (κ2) is 10.3. The average molecular weight is 363 g/mol. The predicted molar refractivity (Wildman–Crippen MR) is 94.7 cm³/mol. The fraction of sp³-hybridized carbons (Fsp3) is 0.867. The van der Waals surface area contributed by atoms with E-state index < -0.39 is 0 Å². The van der Waals surface area contributed by atoms with Crippen molar-refractivity contribution in [3.63, 3.8) is 0 Å². The van der Waals surface area contributed by atoms with Crippen LogP contribution < -0.4 is 20.8 Å². The highest BCUT2D eigenvalue weighted by atomic mass is 35.5. The van der Waals surface area contributed by atoms with E-state index in [1.54, 1.807) is 0 Å². The molecule has 23 heavy (non-hydrogen) atoms. The van der Waals surface area contributed by atoms with Crippen molar-refractivity contribution in [2.75, 3.05) is 18.8 Å². The predicted octanol–water partition coefficient (Wildman–Crippen LogP) is 1.74. The molecule has 0 bridgehead atoms. The summed E-state index contributed by atoms with van der Waals surface area (Å²) in [5, 5.41) is 9.40. The molecule has 0 aromatic carbocycles. The van der Waals surface area contributed by atoms with Crippen LogP contribution in [0.2, 0.25) is 0 Å². The molecule has 6 nitrogen and oxygen atoms in total. The Balaban J connectivity index is 1.46. The summed E-state index contributed by atoms with van der Waals surface area (Å²) in [6.45, 7) is 1.56. The molecule has 8 heteroatoms. The maximum absolute atomic E-state index is 11.7. The summed E-state index contributed by atoms with van der Waals surface area (Å²) in [6, 6.07) is 0.519. The number of urea groups is 1. The monoisotopic (exact) mass is 362 g/mol. The summed E-state index contributed by atoms with van der Waals surface area (Å²) < 4.78 is 0. The van der Waals surface area contributed by atoms with Gasteiger partial charge in [-0.15, -0.1) is 0 Å². The molecule has 2 saturated heterocycles. The van der Waals surface area contributed by atoms with Gasteiger partial charge in [0, 0.05) is 30.5 Å². The molecule has 2 fully saturated rings. The van der Waals surface area contributed by atoms with Crippen LogP contribution in [-0.2, 0) is 4.79 Å². The Kier molecular flexibility index (Phi) is 8.33. The zero-order chi connectivity index (χ0) is 16.5. The number of carbonyl (C=O) groups excluding carboxylic acids is 2. The molecule has 2 aliphatic heterocycles. The third-order valence-electron chi connectivity index (χ3n) is 4.35. The summed E-state index contributed by atoms with van der Waals surface area (Å²) >= 11 is 7.30. The van der Waals surface area contributed by atoms with E-state index in [1.165, 1.54) is 0 Å². The highest BCUT2D eigenvalue weighted by Crippen LogP contribution is 2.33. The Morgan fingerprint density at radius 1 is 1.17 bits per heavy atom. The third-order valence-corrected chi connectivity index (χ3v) is 6.05. The Hall–Kier alpha value is -0.660. The van der Waals surface area contributed by atoms with Crippen molar-refractivity contribution in [2.45, 2.75) is 62.3 Å². The standard InChI is InChI=1S/C15H27ClN4O2S/c16-18-9-5-1-4-8-17-13(21)7-3-2-6-12-14-11(10-23-12)19-15(22)20-14/h11-12,14,18H,1-10H2,(H,17,21)(H2,19,20,22). The van der Waals surface area contributed by atoms with Crippen LogP contribution in [0.25, 0.3) is 0 Å². The molecule has 0 spiro atoms. The van der Waals surface area contributed by atoms with Crippen molar-refractivity contribution < 1.29 is 9.59 Å². The van der Waals surface area contributed by atoms with E-state index in [2.05, 4.69) is 20.8 Å². The van der Waals surface area contributed by atoms with Crippen LogP contribution >= 0.6 is 23.5 Å². The lowest BCUT2D eigenvalue weighted by Crippen LogP contribution is -2.36. The molecule has 2 heterocycles. The first-order valence-electron chi connectivity index (χ1n) is 8.49. The number of hydrogen-bond donors (Lipinski definition) is 4. The van der Waals surface area contributed by atoms with Gasteiger partial charge in [-0.2, -0.15) is 11.8 Å². The maximum atomic E-state index is 11.7. The Morgan fingerprint density at radius 2 is 2.00 bits per heavy atom. The minimum atomic E-state index is -0.0356. The van der Waals surface area contributed by atoms with Gasteiger partial charge in [-0.1, -0.05) is 12.8 Å². The number of unbranched alkanes of at least 4 members (excludes halogenated alkanes) is 3. The van der Waals surface area contributed by atoms with Crippen molar-refractivity contribution in [1.82, 2.24) is 20.8 Å².